The summed E-state index contributed by atoms with van der Waals surface area (Å²) in [6.07, 6.45) is 2.38. The third-order valence-corrected chi connectivity index (χ3v) is 6.28. The molecule has 3 aromatic rings. The minimum atomic E-state index is -3.87. The van der Waals surface area contributed by atoms with E-state index < -0.39 is 27.9 Å². The summed E-state index contributed by atoms with van der Waals surface area (Å²) in [6, 6.07) is 10.3. The Morgan fingerprint density at radius 1 is 1.00 bits per heavy atom. The van der Waals surface area contributed by atoms with Crippen LogP contribution in [0.1, 0.15) is 22.1 Å². The maximum Gasteiger partial charge on any atom is 0.340 e. The number of anilines is 1. The molecule has 1 heterocycles. The van der Waals surface area contributed by atoms with Crippen LogP contribution >= 0.6 is 0 Å². The van der Waals surface area contributed by atoms with E-state index in [4.69, 9.17) is 14.2 Å². The van der Waals surface area contributed by atoms with Gasteiger partial charge in [0.1, 0.15) is 6.04 Å². The lowest BCUT2D eigenvalue weighted by Crippen LogP contribution is -2.44. The molecule has 0 saturated heterocycles. The molecule has 0 saturated carbocycles. The molecule has 0 N–H and O–H groups in total. The quantitative estimate of drug-likeness (QED) is 0.499. The number of esters is 1. The summed E-state index contributed by atoms with van der Waals surface area (Å²) in [5, 5.41) is 0.525. The van der Waals surface area contributed by atoms with Crippen LogP contribution in [0.5, 0.6) is 11.5 Å². The Morgan fingerprint density at radius 2 is 1.66 bits per heavy atom. The number of fused-ring (bicyclic) bond motifs is 1. The van der Waals surface area contributed by atoms with Crippen molar-refractivity contribution < 1.29 is 32.2 Å². The highest BCUT2D eigenvalue weighted by atomic mass is 32.2. The predicted octanol–water partition coefficient (Wildman–Crippen LogP) is 2.94. The smallest absolute Gasteiger partial charge is 0.340 e. The van der Waals surface area contributed by atoms with Gasteiger partial charge in [0.15, 0.2) is 11.5 Å². The van der Waals surface area contributed by atoms with Crippen LogP contribution in [0.3, 0.4) is 0 Å². The summed E-state index contributed by atoms with van der Waals surface area (Å²) in [6.45, 7) is 1.48. The van der Waals surface area contributed by atoms with E-state index in [2.05, 4.69) is 0 Å². The molecule has 0 amide bonds. The molecule has 10 heteroatoms. The van der Waals surface area contributed by atoms with Gasteiger partial charge in [-0.05, 0) is 25.1 Å². The van der Waals surface area contributed by atoms with Gasteiger partial charge in [0.25, 0.3) is 5.91 Å². The molecule has 3 rings (SSSR count). The monoisotopic (exact) mass is 460 g/mol. The van der Waals surface area contributed by atoms with E-state index >= 15 is 0 Å². The van der Waals surface area contributed by atoms with Crippen molar-refractivity contribution in [2.24, 2.45) is 0 Å². The number of benzene rings is 2. The average molecular weight is 461 g/mol. The van der Waals surface area contributed by atoms with Crippen molar-refractivity contribution in [3.63, 3.8) is 0 Å². The highest BCUT2D eigenvalue weighted by Gasteiger charge is 2.32. The van der Waals surface area contributed by atoms with Gasteiger partial charge in [0.05, 0.1) is 44.4 Å². The lowest BCUT2D eigenvalue weighted by Gasteiger charge is -2.28. The van der Waals surface area contributed by atoms with E-state index in [1.807, 2.05) is 0 Å². The van der Waals surface area contributed by atoms with Gasteiger partial charge in [-0.25, -0.2) is 13.2 Å². The largest absolute Gasteiger partial charge is 0.493 e. The molecule has 0 unspecified atom stereocenters. The van der Waals surface area contributed by atoms with E-state index in [9.17, 15) is 18.0 Å². The molecule has 0 spiro atoms. The average Bonchev–Trinajstić information content (AvgIpc) is 3.16. The molecule has 170 valence electrons. The summed E-state index contributed by atoms with van der Waals surface area (Å²) >= 11 is 0. The van der Waals surface area contributed by atoms with Crippen LogP contribution < -0.4 is 13.8 Å². The molecular formula is C22H24N2O7S. The van der Waals surface area contributed by atoms with Crippen LogP contribution in [-0.4, -0.2) is 58.5 Å². The van der Waals surface area contributed by atoms with Crippen LogP contribution in [0.4, 0.5) is 5.69 Å². The molecule has 1 aromatic heterocycles. The Kier molecular flexibility index (Phi) is 6.45. The molecule has 2 aromatic carbocycles. The number of methoxy groups -OCH3 is 3. The number of para-hydroxylation sites is 1. The van der Waals surface area contributed by atoms with Crippen LogP contribution in [0, 0.1) is 0 Å². The van der Waals surface area contributed by atoms with Crippen molar-refractivity contribution in [2.75, 3.05) is 31.9 Å². The third kappa shape index (κ3) is 4.13. The number of nitrogens with zero attached hydrogens (tertiary/aromatic N) is 2. The maximum absolute atomic E-state index is 13.5. The van der Waals surface area contributed by atoms with E-state index in [0.29, 0.717) is 22.4 Å². The first-order chi connectivity index (χ1) is 15.1. The van der Waals surface area contributed by atoms with Crippen molar-refractivity contribution >= 4 is 38.5 Å². The second-order valence-electron chi connectivity index (χ2n) is 7.03. The van der Waals surface area contributed by atoms with Crippen molar-refractivity contribution in [3.8, 4) is 11.5 Å². The van der Waals surface area contributed by atoms with Crippen LogP contribution in [0.25, 0.3) is 10.9 Å². The lowest BCUT2D eigenvalue weighted by molar-refractivity contribution is 0.0603. The molecule has 0 aliphatic rings. The van der Waals surface area contributed by atoms with Crippen LogP contribution in [0.2, 0.25) is 0 Å². The summed E-state index contributed by atoms with van der Waals surface area (Å²) < 4.78 is 43.0. The summed E-state index contributed by atoms with van der Waals surface area (Å²) in [5.74, 6) is -0.405. The van der Waals surface area contributed by atoms with E-state index in [1.165, 1.54) is 51.1 Å². The standard InChI is InChI=1S/C22H24N2O7S/c1-14(24(32(5,27)28)15-10-11-19(29-2)20(12-15)30-3)21(25)23-13-17(22(26)31-4)16-8-6-7-9-18(16)23/h6-14H,1-5H3/t14-/m0/s1. The fraction of sp³-hybridized carbons (Fsp3) is 0.273. The summed E-state index contributed by atoms with van der Waals surface area (Å²) in [7, 11) is 0.278. The third-order valence-electron chi connectivity index (χ3n) is 5.04. The second-order valence-corrected chi connectivity index (χ2v) is 8.89. The molecule has 1 atom stereocenters. The molecule has 9 nitrogen and oxygen atoms in total. The maximum atomic E-state index is 13.5. The van der Waals surface area contributed by atoms with Crippen molar-refractivity contribution in [2.45, 2.75) is 13.0 Å². The van der Waals surface area contributed by atoms with Crippen LogP contribution in [0.15, 0.2) is 48.7 Å². The summed E-state index contributed by atoms with van der Waals surface area (Å²) in [5.41, 5.74) is 0.904. The first kappa shape index (κ1) is 23.1. The first-order valence-corrected chi connectivity index (χ1v) is 11.4. The molecule has 0 fully saturated rings. The first-order valence-electron chi connectivity index (χ1n) is 9.58. The van der Waals surface area contributed by atoms with Crippen molar-refractivity contribution in [1.82, 2.24) is 4.57 Å². The molecule has 0 bridgehead atoms. The predicted molar refractivity (Wildman–Crippen MR) is 120 cm³/mol. The van der Waals surface area contributed by atoms with Gasteiger partial charge in [-0.1, -0.05) is 18.2 Å². The Bertz CT molecular complexity index is 1280. The van der Waals surface area contributed by atoms with Crippen LogP contribution in [-0.2, 0) is 14.8 Å². The number of sulfonamides is 1. The molecule has 0 aliphatic heterocycles. The van der Waals surface area contributed by atoms with Gasteiger partial charge in [-0.15, -0.1) is 0 Å². The zero-order chi connectivity index (χ0) is 23.6. The van der Waals surface area contributed by atoms with Gasteiger partial charge >= 0.3 is 5.97 Å². The Labute approximate surface area is 186 Å². The minimum Gasteiger partial charge on any atom is -0.493 e. The Balaban J connectivity index is 2.12. The summed E-state index contributed by atoms with van der Waals surface area (Å²) in [4.78, 5) is 25.7. The highest BCUT2D eigenvalue weighted by molar-refractivity contribution is 7.92. The molecular weight excluding hydrogens is 436 g/mol. The van der Waals surface area contributed by atoms with E-state index in [-0.39, 0.29) is 11.3 Å². The van der Waals surface area contributed by atoms with Crippen molar-refractivity contribution in [1.29, 1.82) is 0 Å². The van der Waals surface area contributed by atoms with E-state index in [0.717, 1.165) is 10.6 Å². The molecule has 0 radical (unpaired) electrons. The number of carbonyl (C=O) groups excluding carboxylic acids is 2. The number of hydrogen-bond acceptors (Lipinski definition) is 7. The number of ether oxygens (including phenoxy) is 3. The molecule has 32 heavy (non-hydrogen) atoms. The van der Waals surface area contributed by atoms with Gasteiger partial charge in [0.2, 0.25) is 10.0 Å². The van der Waals surface area contributed by atoms with E-state index in [1.54, 1.807) is 30.3 Å². The molecule has 0 aliphatic carbocycles. The SMILES string of the molecule is COC(=O)c1cn(C(=O)[C@H](C)N(c2ccc(OC)c(OC)c2)S(C)(=O)=O)c2ccccc12. The van der Waals surface area contributed by atoms with Gasteiger partial charge in [-0.2, -0.15) is 0 Å². The Hall–Kier alpha value is -3.53. The van der Waals surface area contributed by atoms with Gasteiger partial charge < -0.3 is 14.2 Å². The fourth-order valence-electron chi connectivity index (χ4n) is 3.60. The minimum absolute atomic E-state index is 0.209. The zero-order valence-electron chi connectivity index (χ0n) is 18.4. The number of rotatable bonds is 7. The number of aromatic nitrogens is 1. The Morgan fingerprint density at radius 3 is 2.25 bits per heavy atom. The topological polar surface area (TPSA) is 104 Å². The highest BCUT2D eigenvalue weighted by Crippen LogP contribution is 2.34. The van der Waals surface area contributed by atoms with Crippen molar-refractivity contribution in [3.05, 3.63) is 54.2 Å². The normalized spacial score (nSPS) is 12.3. The zero-order valence-corrected chi connectivity index (χ0v) is 19.2. The number of hydrogen-bond donors (Lipinski definition) is 0. The lowest BCUT2D eigenvalue weighted by atomic mass is 10.2. The number of carbonyl (C=O) groups is 2. The van der Waals surface area contributed by atoms with Gasteiger partial charge in [-0.3, -0.25) is 13.7 Å². The second kappa shape index (κ2) is 8.91. The van der Waals surface area contributed by atoms with Gasteiger partial charge in [0, 0.05) is 17.6 Å². The fourth-order valence-corrected chi connectivity index (χ4v) is 4.76.